The Morgan fingerprint density at radius 2 is 2.16 bits per heavy atom. The van der Waals surface area contributed by atoms with E-state index in [1.54, 1.807) is 11.3 Å². The third-order valence-electron chi connectivity index (χ3n) is 3.32. The van der Waals surface area contributed by atoms with E-state index >= 15 is 0 Å². The highest BCUT2D eigenvalue weighted by molar-refractivity contribution is 7.09. The first-order chi connectivity index (χ1) is 9.10. The topological polar surface area (TPSA) is 42.4 Å². The molecule has 0 radical (unpaired) electrons. The smallest absolute Gasteiger partial charge is 0.118 e. The molecule has 0 saturated heterocycles. The molecule has 0 fully saturated rings. The summed E-state index contributed by atoms with van der Waals surface area (Å²) >= 11 is 1.80. The molecular weight excluding hydrogens is 256 g/mol. The molecule has 104 valence electrons. The Hall–Kier alpha value is -1.10. The Morgan fingerprint density at radius 1 is 1.37 bits per heavy atom. The highest BCUT2D eigenvalue weighted by atomic mass is 32.1. The Morgan fingerprint density at radius 3 is 2.68 bits per heavy atom. The predicted octanol–water partition coefficient (Wildman–Crippen LogP) is 3.52. The van der Waals surface area contributed by atoms with Crippen LogP contribution in [0.5, 0.6) is 0 Å². The average molecular weight is 278 g/mol. The zero-order valence-electron chi connectivity index (χ0n) is 11.8. The first-order valence-electron chi connectivity index (χ1n) is 6.65. The fourth-order valence-corrected chi connectivity index (χ4v) is 2.82. The summed E-state index contributed by atoms with van der Waals surface area (Å²) in [5.74, 6) is 1.94. The molecule has 0 bridgehead atoms. The molecule has 0 spiro atoms. The van der Waals surface area contributed by atoms with Crippen molar-refractivity contribution < 1.29 is 4.42 Å². The van der Waals surface area contributed by atoms with E-state index in [0.717, 1.165) is 30.2 Å². The third kappa shape index (κ3) is 3.69. The van der Waals surface area contributed by atoms with Crippen molar-refractivity contribution in [3.63, 3.8) is 0 Å². The number of hydrogen-bond acceptors (Lipinski definition) is 4. The summed E-state index contributed by atoms with van der Waals surface area (Å²) in [7, 11) is 0. The second-order valence-corrected chi connectivity index (χ2v) is 6.11. The molecule has 4 heteroatoms. The first kappa shape index (κ1) is 14.3. The number of furan rings is 1. The molecule has 19 heavy (non-hydrogen) atoms. The van der Waals surface area contributed by atoms with Crippen LogP contribution in [0.2, 0.25) is 0 Å². The van der Waals surface area contributed by atoms with E-state index in [-0.39, 0.29) is 0 Å². The van der Waals surface area contributed by atoms with Crippen LogP contribution in [0.15, 0.2) is 28.0 Å². The molecule has 3 nitrogen and oxygen atoms in total. The molecule has 0 unspecified atom stereocenters. The molecule has 2 aromatic heterocycles. The summed E-state index contributed by atoms with van der Waals surface area (Å²) < 4.78 is 5.79. The summed E-state index contributed by atoms with van der Waals surface area (Å²) in [6.45, 7) is 8.75. The van der Waals surface area contributed by atoms with Gasteiger partial charge < -0.3 is 10.2 Å². The largest absolute Gasteiger partial charge is 0.465 e. The second kappa shape index (κ2) is 6.37. The number of hydrogen-bond donors (Lipinski definition) is 1. The maximum Gasteiger partial charge on any atom is 0.118 e. The van der Waals surface area contributed by atoms with Gasteiger partial charge in [-0.15, -0.1) is 11.3 Å². The molecule has 2 N–H and O–H groups in total. The number of aryl methyl sites for hydroxylation is 1. The van der Waals surface area contributed by atoms with Crippen LogP contribution in [-0.4, -0.2) is 10.9 Å². The van der Waals surface area contributed by atoms with E-state index in [4.69, 9.17) is 10.2 Å². The fourth-order valence-electron chi connectivity index (χ4n) is 2.09. The molecule has 0 saturated carbocycles. The van der Waals surface area contributed by atoms with Gasteiger partial charge in [-0.1, -0.05) is 6.07 Å². The van der Waals surface area contributed by atoms with Crippen LogP contribution in [0, 0.1) is 6.92 Å². The van der Waals surface area contributed by atoms with Crippen LogP contribution in [0.25, 0.3) is 0 Å². The van der Waals surface area contributed by atoms with Crippen molar-refractivity contribution >= 4 is 11.3 Å². The van der Waals surface area contributed by atoms with Crippen molar-refractivity contribution in [2.45, 2.75) is 46.4 Å². The van der Waals surface area contributed by atoms with Crippen LogP contribution < -0.4 is 5.73 Å². The minimum absolute atomic E-state index is 0.480. The van der Waals surface area contributed by atoms with E-state index in [1.165, 1.54) is 4.88 Å². The Balaban J connectivity index is 2.07. The van der Waals surface area contributed by atoms with Gasteiger partial charge in [0.2, 0.25) is 0 Å². The van der Waals surface area contributed by atoms with E-state index in [2.05, 4.69) is 42.3 Å². The normalized spacial score (nSPS) is 11.7. The van der Waals surface area contributed by atoms with E-state index < -0.39 is 0 Å². The van der Waals surface area contributed by atoms with Crippen molar-refractivity contribution in [3.8, 4) is 0 Å². The van der Waals surface area contributed by atoms with Crippen LogP contribution >= 0.6 is 11.3 Å². The zero-order chi connectivity index (χ0) is 13.8. The maximum atomic E-state index is 5.79. The lowest BCUT2D eigenvalue weighted by Crippen LogP contribution is -2.29. The van der Waals surface area contributed by atoms with Crippen LogP contribution in [0.3, 0.4) is 0 Å². The number of rotatable bonds is 6. The van der Waals surface area contributed by atoms with Crippen molar-refractivity contribution in [1.29, 1.82) is 0 Å². The summed E-state index contributed by atoms with van der Waals surface area (Å²) in [6.07, 6.45) is 0. The first-order valence-corrected chi connectivity index (χ1v) is 7.52. The lowest BCUT2D eigenvalue weighted by atomic mass is 10.2. The summed E-state index contributed by atoms with van der Waals surface area (Å²) in [5.41, 5.74) is 6.80. The quantitative estimate of drug-likeness (QED) is 0.879. The number of thiophene rings is 1. The van der Waals surface area contributed by atoms with Gasteiger partial charge in [0, 0.05) is 29.6 Å². The standard InChI is InChI=1S/C15H22N2OS/c1-11(2)17(10-15-5-4-6-19-15)9-14-7-13(8-16)12(3)18-14/h4-7,11H,8-10,16H2,1-3H3. The number of nitrogens with zero attached hydrogens (tertiary/aromatic N) is 1. The Kier molecular flexibility index (Phi) is 4.80. The number of nitrogens with two attached hydrogens (primary N) is 1. The van der Waals surface area contributed by atoms with Gasteiger partial charge in [0.25, 0.3) is 0 Å². The highest BCUT2D eigenvalue weighted by Crippen LogP contribution is 2.20. The predicted molar refractivity (Wildman–Crippen MR) is 80.0 cm³/mol. The van der Waals surface area contributed by atoms with E-state index in [1.807, 2.05) is 6.92 Å². The lowest BCUT2D eigenvalue weighted by Gasteiger charge is -2.24. The van der Waals surface area contributed by atoms with Gasteiger partial charge in [-0.2, -0.15) is 0 Å². The molecule has 0 atom stereocenters. The summed E-state index contributed by atoms with van der Waals surface area (Å²) in [4.78, 5) is 3.79. The van der Waals surface area contributed by atoms with Gasteiger partial charge >= 0.3 is 0 Å². The maximum absolute atomic E-state index is 5.79. The Labute approximate surface area is 119 Å². The monoisotopic (exact) mass is 278 g/mol. The molecule has 0 aliphatic carbocycles. The highest BCUT2D eigenvalue weighted by Gasteiger charge is 2.15. The lowest BCUT2D eigenvalue weighted by molar-refractivity contribution is 0.188. The van der Waals surface area contributed by atoms with Gasteiger partial charge in [0.1, 0.15) is 11.5 Å². The van der Waals surface area contributed by atoms with Gasteiger partial charge in [-0.25, -0.2) is 0 Å². The third-order valence-corrected chi connectivity index (χ3v) is 4.18. The van der Waals surface area contributed by atoms with Gasteiger partial charge in [-0.3, -0.25) is 4.90 Å². The van der Waals surface area contributed by atoms with Crippen molar-refractivity contribution in [3.05, 3.63) is 45.5 Å². The molecule has 2 heterocycles. The fraction of sp³-hybridized carbons (Fsp3) is 0.467. The molecule has 0 amide bonds. The molecule has 0 aliphatic heterocycles. The molecule has 0 aliphatic rings. The van der Waals surface area contributed by atoms with Crippen molar-refractivity contribution in [2.75, 3.05) is 0 Å². The molecule has 2 aromatic rings. The average Bonchev–Trinajstić information content (AvgIpc) is 2.98. The van der Waals surface area contributed by atoms with Crippen LogP contribution in [0.4, 0.5) is 0 Å². The van der Waals surface area contributed by atoms with Gasteiger partial charge in [0.05, 0.1) is 6.54 Å². The van der Waals surface area contributed by atoms with E-state index in [0.29, 0.717) is 12.6 Å². The summed E-state index contributed by atoms with van der Waals surface area (Å²) in [5, 5.41) is 2.12. The van der Waals surface area contributed by atoms with Crippen molar-refractivity contribution in [2.24, 2.45) is 5.73 Å². The molecular formula is C15H22N2OS. The second-order valence-electron chi connectivity index (χ2n) is 5.08. The molecule has 2 rings (SSSR count). The minimum atomic E-state index is 0.480. The SMILES string of the molecule is Cc1oc(CN(Cc2cccs2)C(C)C)cc1CN. The van der Waals surface area contributed by atoms with Crippen LogP contribution in [0.1, 0.15) is 35.8 Å². The van der Waals surface area contributed by atoms with Crippen molar-refractivity contribution in [1.82, 2.24) is 4.90 Å². The molecule has 0 aromatic carbocycles. The zero-order valence-corrected chi connectivity index (χ0v) is 12.7. The Bertz CT molecular complexity index is 502. The van der Waals surface area contributed by atoms with Crippen LogP contribution in [-0.2, 0) is 19.6 Å². The summed E-state index contributed by atoms with van der Waals surface area (Å²) in [6, 6.07) is 6.84. The van der Waals surface area contributed by atoms with Gasteiger partial charge in [-0.05, 0) is 38.3 Å². The minimum Gasteiger partial charge on any atom is -0.465 e. The van der Waals surface area contributed by atoms with E-state index in [9.17, 15) is 0 Å². The van der Waals surface area contributed by atoms with Gasteiger partial charge in [0.15, 0.2) is 0 Å².